The highest BCUT2D eigenvalue weighted by Crippen LogP contribution is 2.60. The number of sulfonamides is 2. The first-order valence-electron chi connectivity index (χ1n) is 44.7. The van der Waals surface area contributed by atoms with Crippen molar-refractivity contribution in [1.82, 2.24) is 54.3 Å². The number of carbonyl (C=O) groups excluding carboxylic acids is 6. The number of benzene rings is 4. The lowest BCUT2D eigenvalue weighted by Crippen LogP contribution is -2.63. The Morgan fingerprint density at radius 1 is 0.556 bits per heavy atom. The molecule has 4 saturated carbocycles. The van der Waals surface area contributed by atoms with Crippen LogP contribution in [0.15, 0.2) is 108 Å². The van der Waals surface area contributed by atoms with Gasteiger partial charge < -0.3 is 43.5 Å². The number of hydrogen-bond donors (Lipinski definition) is 3. The number of ether oxygens (including phenoxy) is 6. The summed E-state index contributed by atoms with van der Waals surface area (Å²) in [4.78, 5) is 114. The van der Waals surface area contributed by atoms with E-state index in [1.54, 1.807) is 9.80 Å². The second-order valence-corrected chi connectivity index (χ2v) is 42.6. The Morgan fingerprint density at radius 3 is 1.41 bits per heavy atom. The first-order chi connectivity index (χ1) is 60.7. The van der Waals surface area contributed by atoms with Crippen LogP contribution in [0.3, 0.4) is 0 Å². The molecule has 4 aromatic carbocycles. The molecular weight excluding hydrogens is 1730 g/mol. The number of carbonyl (C=O) groups is 6. The summed E-state index contributed by atoms with van der Waals surface area (Å²) >= 11 is 17.3. The van der Waals surface area contributed by atoms with Gasteiger partial charge in [0.1, 0.15) is 79.9 Å². The van der Waals surface area contributed by atoms with Crippen molar-refractivity contribution >= 4 is 123 Å². The van der Waals surface area contributed by atoms with Gasteiger partial charge >= 0.3 is 0 Å². The highest BCUT2D eigenvalue weighted by molar-refractivity contribution is 7.91. The number of nitrogens with zero attached hydrogens (tertiary/aromatic N) is 8. The van der Waals surface area contributed by atoms with E-state index in [1.165, 1.54) is 22.7 Å². The van der Waals surface area contributed by atoms with Crippen molar-refractivity contribution in [2.45, 2.75) is 209 Å². The fraction of sp³-hybridized carbons (Fsp3) is 0.548. The fourth-order valence-electron chi connectivity index (χ4n) is 19.3. The number of aromatic nitrogens is 4. The Kier molecular flexibility index (Phi) is 26.8. The van der Waals surface area contributed by atoms with Crippen LogP contribution in [0.5, 0.6) is 23.0 Å². The highest BCUT2D eigenvalue weighted by atomic mass is 35.5. The van der Waals surface area contributed by atoms with E-state index >= 15 is 0 Å². The lowest BCUT2D eigenvalue weighted by molar-refractivity contribution is -0.147. The van der Waals surface area contributed by atoms with Gasteiger partial charge in [-0.05, 0) is 123 Å². The summed E-state index contributed by atoms with van der Waals surface area (Å²) in [5.41, 5.74) is 3.74. The van der Waals surface area contributed by atoms with Crippen molar-refractivity contribution in [1.29, 1.82) is 0 Å². The molecule has 12 atom stereocenters. The zero-order chi connectivity index (χ0) is 88.1. The molecule has 126 heavy (non-hydrogen) atoms. The van der Waals surface area contributed by atoms with Crippen LogP contribution in [0.1, 0.15) is 166 Å². The number of Topliss-reactive ketones (excluding diaryl/α,β-unsaturated/α-hetero) is 2. The van der Waals surface area contributed by atoms with E-state index in [-0.39, 0.29) is 78.7 Å². The number of ketones is 2. The van der Waals surface area contributed by atoms with Crippen LogP contribution >= 0.6 is 45.9 Å². The molecule has 6 aliphatic heterocycles. The summed E-state index contributed by atoms with van der Waals surface area (Å²) in [6.07, 6.45) is 5.19. The third kappa shape index (κ3) is 19.2. The third-order valence-electron chi connectivity index (χ3n) is 27.2. The van der Waals surface area contributed by atoms with Crippen LogP contribution in [-0.4, -0.2) is 230 Å². The van der Waals surface area contributed by atoms with E-state index in [1.807, 2.05) is 122 Å². The number of halogens is 2. The smallest absolute Gasteiger partial charge is 0.241 e. The number of thiazole rings is 2. The van der Waals surface area contributed by atoms with Gasteiger partial charge in [0, 0.05) is 111 Å². The first kappa shape index (κ1) is 89.6. The Hall–Kier alpha value is -8.34. The average Bonchev–Trinajstić information content (AvgIpc) is 1.57. The van der Waals surface area contributed by atoms with Crippen molar-refractivity contribution in [3.63, 3.8) is 0 Å². The molecule has 0 unspecified atom stereocenters. The number of piperidine rings is 1. The Morgan fingerprint density at radius 2 is 0.992 bits per heavy atom. The molecular formula is C93H111Cl2N11O16S4. The molecule has 0 spiro atoms. The van der Waals surface area contributed by atoms with Gasteiger partial charge in [-0.2, -0.15) is 0 Å². The van der Waals surface area contributed by atoms with Crippen LogP contribution in [-0.2, 0) is 71.1 Å². The second-order valence-electron chi connectivity index (χ2n) is 36.3. The minimum Gasteiger partial charge on any atom is -0.491 e. The lowest BCUT2D eigenvalue weighted by Gasteiger charge is -2.39. The number of amides is 4. The van der Waals surface area contributed by atoms with E-state index in [0.717, 1.165) is 61.8 Å². The van der Waals surface area contributed by atoms with Gasteiger partial charge in [-0.15, -0.1) is 22.7 Å². The molecule has 33 heteroatoms. The molecule has 0 radical (unpaired) electrons. The summed E-state index contributed by atoms with van der Waals surface area (Å²) in [7, 11) is -7.63. The minimum absolute atomic E-state index is 0.108. The molecule has 3 N–H and O–H groups in total. The van der Waals surface area contributed by atoms with E-state index in [0.29, 0.717) is 199 Å². The van der Waals surface area contributed by atoms with Crippen molar-refractivity contribution in [3.8, 4) is 44.4 Å². The number of pyridine rings is 2. The monoisotopic (exact) mass is 1840 g/mol. The molecule has 4 amide bonds. The quantitative estimate of drug-likeness (QED) is 0.0337. The number of nitrogens with one attached hydrogen (secondary N) is 3. The number of morpholine rings is 2. The van der Waals surface area contributed by atoms with Gasteiger partial charge in [0.2, 0.25) is 43.7 Å². The summed E-state index contributed by atoms with van der Waals surface area (Å²) in [6, 6.07) is 27.5. The molecule has 6 saturated heterocycles. The molecule has 27 nitrogen and oxygen atoms in total. The summed E-state index contributed by atoms with van der Waals surface area (Å²) < 4.78 is 93.9. The molecule has 0 bridgehead atoms. The Bertz CT molecular complexity index is 5290. The zero-order valence-corrected chi connectivity index (χ0v) is 76.8. The van der Waals surface area contributed by atoms with Crippen molar-refractivity contribution in [2.24, 2.45) is 28.6 Å². The lowest BCUT2D eigenvalue weighted by atomic mass is 9.86. The number of hydrogen-bond acceptors (Lipinski definition) is 25. The predicted molar refractivity (Wildman–Crippen MR) is 482 cm³/mol. The number of fused-ring (bicyclic) bond motifs is 4. The minimum atomic E-state index is -3.82. The molecule has 8 aromatic rings. The zero-order valence-electron chi connectivity index (χ0n) is 72.0. The Labute approximate surface area is 753 Å². The summed E-state index contributed by atoms with van der Waals surface area (Å²) in [5, 5.41) is 9.76. The van der Waals surface area contributed by atoms with E-state index in [2.05, 4.69) is 52.3 Å². The van der Waals surface area contributed by atoms with Crippen LogP contribution in [0, 0.1) is 28.6 Å². The molecule has 10 heterocycles. The van der Waals surface area contributed by atoms with Gasteiger partial charge in [0.25, 0.3) is 0 Å². The predicted octanol–water partition coefficient (Wildman–Crippen LogP) is 13.0. The molecule has 10 aliphatic rings. The van der Waals surface area contributed by atoms with Crippen LogP contribution in [0.25, 0.3) is 43.2 Å². The van der Waals surface area contributed by atoms with Gasteiger partial charge in [-0.25, -0.2) is 36.8 Å². The van der Waals surface area contributed by atoms with E-state index in [4.69, 9.17) is 71.6 Å². The van der Waals surface area contributed by atoms with Crippen LogP contribution in [0.2, 0.25) is 10.0 Å². The van der Waals surface area contributed by atoms with Gasteiger partial charge in [-0.3, -0.25) is 48.0 Å². The van der Waals surface area contributed by atoms with E-state index in [9.17, 15) is 45.6 Å². The maximum atomic E-state index is 14.8. The SMILES string of the molecule is CC[C@@H]1C[C@]1(CC(=O)[C@@H]1C[C@@H](Oc2cc(-c3nc(C(C)C)cs3)nc3c(Cl)c(OCCN4CCOCC4)ccc23)[C@H]2CC[C@H](Cc3ccccc3)C(=O)N21)C(=O)NS(=O)(=O)C1CC1.CC[C@@H]1C[C@]1(CC(=O)[C@@H]1C[C@@H](Oc2cc(-c3nc(C(C)C)cs3)nc3c(Cl)c(OCCN4CCOCC4)ccc23)[C@H]2CN[C@H](Cc3ccccc3)C(=O)N21)C(=O)NS(=O)(=O)C1CC1. The maximum absolute atomic E-state index is 14.8. The van der Waals surface area contributed by atoms with Gasteiger partial charge in [-0.1, -0.05) is 138 Å². The van der Waals surface area contributed by atoms with Crippen molar-refractivity contribution in [3.05, 3.63) is 140 Å². The number of rotatable bonds is 34. The van der Waals surface area contributed by atoms with Crippen LogP contribution < -0.4 is 33.7 Å². The average molecular weight is 1840 g/mol. The van der Waals surface area contributed by atoms with Gasteiger partial charge in [0.15, 0.2) is 11.6 Å². The second kappa shape index (κ2) is 37.6. The van der Waals surface area contributed by atoms with Crippen molar-refractivity contribution < 1.29 is 74.0 Å². The largest absolute Gasteiger partial charge is 0.491 e. The molecule has 18 rings (SSSR count). The summed E-state index contributed by atoms with van der Waals surface area (Å²) in [5.74, 6) is -0.301. The highest BCUT2D eigenvalue weighted by Gasteiger charge is 2.65. The maximum Gasteiger partial charge on any atom is 0.241 e. The van der Waals surface area contributed by atoms with Crippen molar-refractivity contribution in [2.75, 3.05) is 85.5 Å². The Balaban J connectivity index is 0.000000178. The normalized spacial score (nSPS) is 26.2. The molecule has 10 fully saturated rings. The van der Waals surface area contributed by atoms with Crippen LogP contribution in [0.4, 0.5) is 0 Å². The van der Waals surface area contributed by atoms with E-state index < -0.39 is 95.6 Å². The fourth-order valence-corrected chi connectivity index (χ4v) is 24.5. The first-order valence-corrected chi connectivity index (χ1v) is 50.3. The molecule has 4 aromatic heterocycles. The third-order valence-corrected chi connectivity index (χ3v) is 33.4. The topological polar surface area (TPSA) is 327 Å². The number of piperazine rings is 1. The molecule has 672 valence electrons. The van der Waals surface area contributed by atoms with Gasteiger partial charge in [0.05, 0.1) is 100 Å². The summed E-state index contributed by atoms with van der Waals surface area (Å²) in [6.45, 7) is 21.1. The molecule has 4 aliphatic carbocycles. The standard InChI is InChI=1S/C47H56ClN5O8S2.C46H55ClN6O8S2/c1-4-31-25-47(31,46(56)51-63(57,58)32-11-12-32)26-38(54)37-24-41(36-14-10-30(45(55)53(36)37)22-29-8-6-5-7-9-29)61-40-23-34(44-50-35(27-62-44)28(2)3)49-43-33(40)13-15-39(42(43)48)60-21-18-52-16-19-59-20-17-52;1-4-29-23-46(29,45(56)51-63(57,58)30-10-11-30)24-37(54)35-22-40(36-25-48-33(44(55)53(35)36)20-28-8-6-5-7-9-28)61-39-21-32(43-50-34(26-62-43)27(2)3)49-42-31(39)12-13-38(41(42)47)60-19-16-52-14-17-59-18-15-52/h5-9,13,15,23,27-28,30-32,36-37,41H,4,10-12,14,16-22,24-26H2,1-3H3,(H,51,56);5-9,12-13,21,26-27,29-30,33,35-36,40,48H,4,10-11,14-20,22-25H2,1-3H3,(H,51,56)/t30-,31-,36-,37+,41-,47-;29-,33-,35+,36-,40-,46-/m11/s1.